The summed E-state index contributed by atoms with van der Waals surface area (Å²) in [7, 11) is 0. The molecule has 1 aromatic carbocycles. The van der Waals surface area contributed by atoms with Gasteiger partial charge in [-0.15, -0.1) is 11.3 Å². The SMILES string of the molecule is CCOC(=O)Cc1csc(S[C@H](C)C(=O)Nc2ccc(C(C)C)cc2)n1. The largest absolute Gasteiger partial charge is 0.466 e. The average molecular weight is 393 g/mol. The first kappa shape index (κ1) is 20.5. The highest BCUT2D eigenvalue weighted by atomic mass is 32.2. The van der Waals surface area contributed by atoms with E-state index in [1.165, 1.54) is 28.7 Å². The molecule has 0 bridgehead atoms. The van der Waals surface area contributed by atoms with Gasteiger partial charge in [-0.1, -0.05) is 37.7 Å². The lowest BCUT2D eigenvalue weighted by molar-refractivity contribution is -0.142. The number of aromatic nitrogens is 1. The van der Waals surface area contributed by atoms with Crippen molar-refractivity contribution >= 4 is 40.7 Å². The number of nitrogens with zero attached hydrogens (tertiary/aromatic N) is 1. The number of rotatable bonds is 8. The van der Waals surface area contributed by atoms with Crippen molar-refractivity contribution in [1.82, 2.24) is 4.98 Å². The maximum absolute atomic E-state index is 12.4. The fourth-order valence-corrected chi connectivity index (χ4v) is 4.16. The van der Waals surface area contributed by atoms with E-state index in [0.717, 1.165) is 10.0 Å². The van der Waals surface area contributed by atoms with Crippen molar-refractivity contribution < 1.29 is 14.3 Å². The van der Waals surface area contributed by atoms with Crippen LogP contribution in [0.25, 0.3) is 0 Å². The van der Waals surface area contributed by atoms with Crippen molar-refractivity contribution in [2.45, 2.75) is 49.6 Å². The molecular weight excluding hydrogens is 368 g/mol. The van der Waals surface area contributed by atoms with Gasteiger partial charge in [-0.25, -0.2) is 4.98 Å². The van der Waals surface area contributed by atoms with E-state index in [1.807, 2.05) is 36.6 Å². The summed E-state index contributed by atoms with van der Waals surface area (Å²) in [5, 5.41) is 4.46. The van der Waals surface area contributed by atoms with Gasteiger partial charge in [0.15, 0.2) is 4.34 Å². The Balaban J connectivity index is 1.88. The Kier molecular flexibility index (Phi) is 7.66. The van der Waals surface area contributed by atoms with Crippen molar-refractivity contribution in [2.24, 2.45) is 0 Å². The second-order valence-electron chi connectivity index (χ2n) is 6.11. The summed E-state index contributed by atoms with van der Waals surface area (Å²) in [5.41, 5.74) is 2.70. The number of hydrogen-bond acceptors (Lipinski definition) is 6. The zero-order valence-corrected chi connectivity index (χ0v) is 17.1. The van der Waals surface area contributed by atoms with Crippen LogP contribution >= 0.6 is 23.1 Å². The summed E-state index contributed by atoms with van der Waals surface area (Å²) in [5.74, 6) is 0.0994. The van der Waals surface area contributed by atoms with E-state index in [1.54, 1.807) is 6.92 Å². The molecule has 2 rings (SSSR count). The highest BCUT2D eigenvalue weighted by molar-refractivity contribution is 8.02. The molecule has 1 amide bonds. The summed E-state index contributed by atoms with van der Waals surface area (Å²) < 4.78 is 5.68. The number of anilines is 1. The lowest BCUT2D eigenvalue weighted by Crippen LogP contribution is -2.22. The molecule has 0 spiro atoms. The fraction of sp³-hybridized carbons (Fsp3) is 0.421. The van der Waals surface area contributed by atoms with E-state index in [-0.39, 0.29) is 23.5 Å². The maximum atomic E-state index is 12.4. The minimum atomic E-state index is -0.290. The predicted molar refractivity (Wildman–Crippen MR) is 107 cm³/mol. The molecule has 140 valence electrons. The van der Waals surface area contributed by atoms with Gasteiger partial charge in [-0.3, -0.25) is 9.59 Å². The van der Waals surface area contributed by atoms with E-state index in [4.69, 9.17) is 4.74 Å². The van der Waals surface area contributed by atoms with Gasteiger partial charge in [0, 0.05) is 11.1 Å². The maximum Gasteiger partial charge on any atom is 0.311 e. The first-order chi connectivity index (χ1) is 12.4. The van der Waals surface area contributed by atoms with Crippen molar-refractivity contribution in [3.8, 4) is 0 Å². The predicted octanol–water partition coefficient (Wildman–Crippen LogP) is 4.49. The molecule has 26 heavy (non-hydrogen) atoms. The monoisotopic (exact) mass is 392 g/mol. The van der Waals surface area contributed by atoms with Crippen LogP contribution in [-0.4, -0.2) is 28.7 Å². The molecule has 0 saturated carbocycles. The van der Waals surface area contributed by atoms with E-state index in [0.29, 0.717) is 18.2 Å². The van der Waals surface area contributed by atoms with Crippen LogP contribution in [0.3, 0.4) is 0 Å². The normalized spacial score (nSPS) is 12.0. The Morgan fingerprint density at radius 2 is 1.92 bits per heavy atom. The zero-order valence-electron chi connectivity index (χ0n) is 15.4. The van der Waals surface area contributed by atoms with Crippen molar-refractivity contribution in [1.29, 1.82) is 0 Å². The van der Waals surface area contributed by atoms with Crippen LogP contribution in [-0.2, 0) is 20.7 Å². The van der Waals surface area contributed by atoms with Gasteiger partial charge in [-0.05, 0) is 37.5 Å². The Labute approximate surface area is 162 Å². The van der Waals surface area contributed by atoms with Gasteiger partial charge in [0.05, 0.1) is 24.0 Å². The topological polar surface area (TPSA) is 68.3 Å². The van der Waals surface area contributed by atoms with Crippen LogP contribution in [0.4, 0.5) is 5.69 Å². The van der Waals surface area contributed by atoms with Crippen LogP contribution in [0.15, 0.2) is 34.0 Å². The molecule has 0 fully saturated rings. The molecule has 5 nitrogen and oxygen atoms in total. The van der Waals surface area contributed by atoms with Crippen LogP contribution in [0, 0.1) is 0 Å². The summed E-state index contributed by atoms with van der Waals surface area (Å²) in [4.78, 5) is 28.3. The first-order valence-electron chi connectivity index (χ1n) is 8.56. The molecule has 0 saturated heterocycles. The molecule has 0 unspecified atom stereocenters. The molecule has 1 aromatic heterocycles. The lowest BCUT2D eigenvalue weighted by atomic mass is 10.0. The number of amides is 1. The Bertz CT molecular complexity index is 741. The number of carbonyl (C=O) groups is 2. The fourth-order valence-electron chi connectivity index (χ4n) is 2.18. The second-order valence-corrected chi connectivity index (χ2v) is 8.56. The molecular formula is C19H24N2O3S2. The molecule has 0 aliphatic rings. The third kappa shape index (κ3) is 6.14. The standard InChI is InChI=1S/C19H24N2O3S2/c1-5-24-17(22)10-16-11-25-19(21-16)26-13(4)18(23)20-15-8-6-14(7-9-15)12(2)3/h6-9,11-13H,5,10H2,1-4H3,(H,20,23)/t13-/m1/s1. The number of nitrogens with one attached hydrogen (secondary N) is 1. The van der Waals surface area contributed by atoms with Crippen LogP contribution in [0.5, 0.6) is 0 Å². The third-order valence-electron chi connectivity index (χ3n) is 3.65. The number of carbonyl (C=O) groups excluding carboxylic acids is 2. The van der Waals surface area contributed by atoms with Crippen molar-refractivity contribution in [3.63, 3.8) is 0 Å². The minimum absolute atomic E-state index is 0.0746. The summed E-state index contributed by atoms with van der Waals surface area (Å²) in [6, 6.07) is 7.90. The molecule has 0 radical (unpaired) electrons. The summed E-state index contributed by atoms with van der Waals surface area (Å²) in [6.07, 6.45) is 0.160. The van der Waals surface area contributed by atoms with Crippen molar-refractivity contribution in [3.05, 3.63) is 40.9 Å². The molecule has 1 atom stereocenters. The Morgan fingerprint density at radius 3 is 2.54 bits per heavy atom. The van der Waals surface area contributed by atoms with Gasteiger partial charge in [-0.2, -0.15) is 0 Å². The zero-order chi connectivity index (χ0) is 19.1. The van der Waals surface area contributed by atoms with Gasteiger partial charge in [0.1, 0.15) is 0 Å². The minimum Gasteiger partial charge on any atom is -0.466 e. The Hall–Kier alpha value is -1.86. The number of ether oxygens (including phenoxy) is 1. The van der Waals surface area contributed by atoms with Gasteiger partial charge in [0.2, 0.25) is 5.91 Å². The Morgan fingerprint density at radius 1 is 1.23 bits per heavy atom. The molecule has 7 heteroatoms. The van der Waals surface area contributed by atoms with E-state index < -0.39 is 0 Å². The number of hydrogen-bond donors (Lipinski definition) is 1. The van der Waals surface area contributed by atoms with Crippen LogP contribution < -0.4 is 5.32 Å². The van der Waals surface area contributed by atoms with E-state index in [2.05, 4.69) is 24.1 Å². The number of thiazole rings is 1. The highest BCUT2D eigenvalue weighted by Crippen LogP contribution is 2.28. The molecule has 0 aliphatic heterocycles. The van der Waals surface area contributed by atoms with Crippen LogP contribution in [0.2, 0.25) is 0 Å². The highest BCUT2D eigenvalue weighted by Gasteiger charge is 2.17. The number of thioether (sulfide) groups is 1. The molecule has 1 heterocycles. The second kappa shape index (κ2) is 9.73. The quantitative estimate of drug-likeness (QED) is 0.529. The first-order valence-corrected chi connectivity index (χ1v) is 10.3. The van der Waals surface area contributed by atoms with Crippen LogP contribution in [0.1, 0.15) is 44.9 Å². The molecule has 0 aliphatic carbocycles. The van der Waals surface area contributed by atoms with E-state index >= 15 is 0 Å². The summed E-state index contributed by atoms with van der Waals surface area (Å²) in [6.45, 7) is 8.25. The summed E-state index contributed by atoms with van der Waals surface area (Å²) >= 11 is 2.81. The lowest BCUT2D eigenvalue weighted by Gasteiger charge is -2.11. The van der Waals surface area contributed by atoms with Gasteiger partial charge >= 0.3 is 5.97 Å². The van der Waals surface area contributed by atoms with Crippen molar-refractivity contribution in [2.75, 3.05) is 11.9 Å². The smallest absolute Gasteiger partial charge is 0.311 e. The number of esters is 1. The van der Waals surface area contributed by atoms with Gasteiger partial charge in [0.25, 0.3) is 0 Å². The molecule has 1 N–H and O–H groups in total. The third-order valence-corrected chi connectivity index (χ3v) is 5.77. The van der Waals surface area contributed by atoms with Gasteiger partial charge < -0.3 is 10.1 Å². The average Bonchev–Trinajstić information content (AvgIpc) is 3.02. The number of benzene rings is 1. The van der Waals surface area contributed by atoms with E-state index in [9.17, 15) is 9.59 Å². The molecule has 2 aromatic rings.